The predicted octanol–water partition coefficient (Wildman–Crippen LogP) is 4.38. The molecule has 1 aromatic carbocycles. The molecule has 1 aliphatic rings. The van der Waals surface area contributed by atoms with Crippen LogP contribution in [0.4, 0.5) is 0 Å². The molecule has 1 saturated carbocycles. The van der Waals surface area contributed by atoms with Crippen molar-refractivity contribution in [1.29, 1.82) is 5.26 Å². The SMILES string of the molecule is CCC(O)(c1cccc(Br)c1)C1(C#N)CCC(C)C1. The van der Waals surface area contributed by atoms with Crippen molar-refractivity contribution < 1.29 is 5.11 Å². The number of benzene rings is 1. The van der Waals surface area contributed by atoms with Crippen LogP contribution in [0.3, 0.4) is 0 Å². The lowest BCUT2D eigenvalue weighted by Gasteiger charge is -2.40. The van der Waals surface area contributed by atoms with Gasteiger partial charge in [-0.1, -0.05) is 41.9 Å². The minimum Gasteiger partial charge on any atom is -0.383 e. The largest absolute Gasteiger partial charge is 0.383 e. The van der Waals surface area contributed by atoms with Gasteiger partial charge in [0.1, 0.15) is 5.60 Å². The van der Waals surface area contributed by atoms with Crippen molar-refractivity contribution >= 4 is 15.9 Å². The molecule has 0 radical (unpaired) electrons. The first-order valence-electron chi connectivity index (χ1n) is 6.87. The van der Waals surface area contributed by atoms with Gasteiger partial charge in [0.25, 0.3) is 0 Å². The van der Waals surface area contributed by atoms with Gasteiger partial charge in [-0.2, -0.15) is 5.26 Å². The van der Waals surface area contributed by atoms with Crippen molar-refractivity contribution in [2.45, 2.75) is 45.1 Å². The second kappa shape index (κ2) is 5.26. The monoisotopic (exact) mass is 321 g/mol. The van der Waals surface area contributed by atoms with Gasteiger partial charge in [0.2, 0.25) is 0 Å². The minimum atomic E-state index is -1.06. The van der Waals surface area contributed by atoms with E-state index in [1.807, 2.05) is 31.2 Å². The third-order valence-electron chi connectivity index (χ3n) is 4.58. The first kappa shape index (κ1) is 14.6. The van der Waals surface area contributed by atoms with E-state index in [2.05, 4.69) is 28.9 Å². The smallest absolute Gasteiger partial charge is 0.108 e. The predicted molar refractivity (Wildman–Crippen MR) is 79.4 cm³/mol. The molecule has 2 rings (SSSR count). The van der Waals surface area contributed by atoms with E-state index in [1.165, 1.54) is 0 Å². The highest BCUT2D eigenvalue weighted by Crippen LogP contribution is 2.54. The van der Waals surface area contributed by atoms with Crippen LogP contribution in [0.25, 0.3) is 0 Å². The Labute approximate surface area is 123 Å². The van der Waals surface area contributed by atoms with Crippen LogP contribution in [0.2, 0.25) is 0 Å². The van der Waals surface area contributed by atoms with Gasteiger partial charge in [0, 0.05) is 4.47 Å². The van der Waals surface area contributed by atoms with Crippen LogP contribution >= 0.6 is 15.9 Å². The summed E-state index contributed by atoms with van der Waals surface area (Å²) in [6.07, 6.45) is 3.13. The quantitative estimate of drug-likeness (QED) is 0.897. The average molecular weight is 322 g/mol. The Balaban J connectivity index is 2.51. The highest BCUT2D eigenvalue weighted by atomic mass is 79.9. The van der Waals surface area contributed by atoms with Gasteiger partial charge in [0.15, 0.2) is 0 Å². The second-order valence-electron chi connectivity index (χ2n) is 5.77. The van der Waals surface area contributed by atoms with Crippen molar-refractivity contribution in [3.63, 3.8) is 0 Å². The van der Waals surface area contributed by atoms with Crippen molar-refractivity contribution in [2.24, 2.45) is 11.3 Å². The van der Waals surface area contributed by atoms with E-state index in [1.54, 1.807) is 0 Å². The molecule has 3 atom stereocenters. The highest BCUT2D eigenvalue weighted by molar-refractivity contribution is 9.10. The third-order valence-corrected chi connectivity index (χ3v) is 5.07. The van der Waals surface area contributed by atoms with E-state index < -0.39 is 11.0 Å². The van der Waals surface area contributed by atoms with Gasteiger partial charge in [-0.25, -0.2) is 0 Å². The molecule has 0 aliphatic heterocycles. The summed E-state index contributed by atoms with van der Waals surface area (Å²) in [4.78, 5) is 0. The Morgan fingerprint density at radius 2 is 2.32 bits per heavy atom. The Morgan fingerprint density at radius 1 is 1.58 bits per heavy atom. The first-order valence-corrected chi connectivity index (χ1v) is 7.66. The summed E-state index contributed by atoms with van der Waals surface area (Å²) in [5.41, 5.74) is -0.863. The Kier molecular flexibility index (Phi) is 4.03. The minimum absolute atomic E-state index is 0.505. The number of nitriles is 1. The number of aliphatic hydroxyl groups is 1. The van der Waals surface area contributed by atoms with Crippen LogP contribution in [-0.2, 0) is 5.60 Å². The van der Waals surface area contributed by atoms with Gasteiger partial charge < -0.3 is 5.11 Å². The summed E-state index contributed by atoms with van der Waals surface area (Å²) in [7, 11) is 0. The molecule has 0 heterocycles. The zero-order valence-corrected chi connectivity index (χ0v) is 13.1. The molecule has 1 aliphatic carbocycles. The maximum atomic E-state index is 11.2. The van der Waals surface area contributed by atoms with Crippen LogP contribution in [0.15, 0.2) is 28.7 Å². The lowest BCUT2D eigenvalue weighted by molar-refractivity contribution is -0.0643. The molecule has 1 N–H and O–H groups in total. The van der Waals surface area contributed by atoms with Crippen LogP contribution < -0.4 is 0 Å². The van der Waals surface area contributed by atoms with E-state index in [0.29, 0.717) is 12.3 Å². The zero-order valence-electron chi connectivity index (χ0n) is 11.5. The number of hydrogen-bond donors (Lipinski definition) is 1. The Morgan fingerprint density at radius 3 is 2.79 bits per heavy atom. The van der Waals surface area contributed by atoms with Crippen LogP contribution in [0.5, 0.6) is 0 Å². The van der Waals surface area contributed by atoms with Crippen molar-refractivity contribution in [3.8, 4) is 6.07 Å². The topological polar surface area (TPSA) is 44.0 Å². The van der Waals surface area contributed by atoms with E-state index in [9.17, 15) is 10.4 Å². The number of nitrogens with zero attached hydrogens (tertiary/aromatic N) is 1. The normalized spacial score (nSPS) is 29.7. The van der Waals surface area contributed by atoms with Crippen molar-refractivity contribution in [3.05, 3.63) is 34.3 Å². The van der Waals surface area contributed by atoms with E-state index >= 15 is 0 Å². The first-order chi connectivity index (χ1) is 8.97. The molecule has 0 saturated heterocycles. The van der Waals surface area contributed by atoms with Crippen LogP contribution in [0, 0.1) is 22.7 Å². The molecule has 0 amide bonds. The number of rotatable bonds is 3. The van der Waals surface area contributed by atoms with Crippen molar-refractivity contribution in [2.75, 3.05) is 0 Å². The summed E-state index contributed by atoms with van der Waals surface area (Å²) in [6.45, 7) is 4.12. The summed E-state index contributed by atoms with van der Waals surface area (Å²) < 4.78 is 0.941. The van der Waals surface area contributed by atoms with E-state index in [-0.39, 0.29) is 0 Å². The maximum absolute atomic E-state index is 11.2. The molecule has 3 heteroatoms. The average Bonchev–Trinajstić information content (AvgIpc) is 2.81. The molecular weight excluding hydrogens is 302 g/mol. The van der Waals surface area contributed by atoms with Crippen LogP contribution in [-0.4, -0.2) is 5.11 Å². The Bertz CT molecular complexity index is 510. The fraction of sp³-hybridized carbons (Fsp3) is 0.562. The summed E-state index contributed by atoms with van der Waals surface area (Å²) >= 11 is 3.45. The van der Waals surface area contributed by atoms with Gasteiger partial charge in [0.05, 0.1) is 11.5 Å². The molecule has 19 heavy (non-hydrogen) atoms. The van der Waals surface area contributed by atoms with Crippen molar-refractivity contribution in [1.82, 2.24) is 0 Å². The molecule has 1 fully saturated rings. The lowest BCUT2D eigenvalue weighted by Crippen LogP contribution is -2.43. The van der Waals surface area contributed by atoms with Gasteiger partial charge in [-0.05, 0) is 49.3 Å². The fourth-order valence-electron chi connectivity index (χ4n) is 3.43. The third kappa shape index (κ3) is 2.32. The van der Waals surface area contributed by atoms with Gasteiger partial charge in [-0.15, -0.1) is 0 Å². The second-order valence-corrected chi connectivity index (χ2v) is 6.68. The molecular formula is C16H20BrNO. The molecule has 1 aromatic rings. The fourth-order valence-corrected chi connectivity index (χ4v) is 3.83. The maximum Gasteiger partial charge on any atom is 0.108 e. The van der Waals surface area contributed by atoms with Gasteiger partial charge >= 0.3 is 0 Å². The molecule has 0 bridgehead atoms. The summed E-state index contributed by atoms with van der Waals surface area (Å²) in [5.74, 6) is 0.505. The van der Waals surface area contributed by atoms with Gasteiger partial charge in [-0.3, -0.25) is 0 Å². The number of hydrogen-bond acceptors (Lipinski definition) is 2. The zero-order chi connectivity index (χ0) is 14.1. The van der Waals surface area contributed by atoms with E-state index in [4.69, 9.17) is 0 Å². The molecule has 102 valence electrons. The lowest BCUT2D eigenvalue weighted by atomic mass is 9.66. The standard InChI is InChI=1S/C16H20BrNO/c1-3-16(19,13-5-4-6-14(17)9-13)15(11-18)8-7-12(2)10-15/h4-6,9,12,19H,3,7-8,10H2,1-2H3. The molecule has 2 nitrogen and oxygen atoms in total. The number of halogens is 1. The molecule has 0 aromatic heterocycles. The summed E-state index contributed by atoms with van der Waals surface area (Å²) in [6, 6.07) is 10.2. The molecule has 0 spiro atoms. The van der Waals surface area contributed by atoms with E-state index in [0.717, 1.165) is 29.3 Å². The Hall–Kier alpha value is -0.850. The molecule has 3 unspecified atom stereocenters. The highest BCUT2D eigenvalue weighted by Gasteiger charge is 2.54. The van der Waals surface area contributed by atoms with Crippen LogP contribution in [0.1, 0.15) is 45.1 Å². The summed E-state index contributed by atoms with van der Waals surface area (Å²) in [5, 5.41) is 21.0.